The van der Waals surface area contributed by atoms with E-state index >= 15 is 0 Å². The molecule has 1 saturated heterocycles. The van der Waals surface area contributed by atoms with Crippen LogP contribution >= 0.6 is 35.1 Å². The van der Waals surface area contributed by atoms with E-state index in [-0.39, 0.29) is 11.0 Å². The van der Waals surface area contributed by atoms with E-state index in [0.717, 1.165) is 5.75 Å². The fraction of sp³-hybridized carbons (Fsp3) is 0.429. The van der Waals surface area contributed by atoms with Crippen LogP contribution in [0.1, 0.15) is 24.9 Å². The number of phenolic OH excluding ortho intramolecular Hbond substituents is 1. The Kier molecular flexibility index (Phi) is 4.38. The highest BCUT2D eigenvalue weighted by Gasteiger charge is 2.30. The van der Waals surface area contributed by atoms with Gasteiger partial charge in [0.05, 0.1) is 10.8 Å². The van der Waals surface area contributed by atoms with Crippen molar-refractivity contribution < 1.29 is 9.63 Å². The summed E-state index contributed by atoms with van der Waals surface area (Å²) in [4.78, 5) is 4.44. The number of rotatable bonds is 2. The van der Waals surface area contributed by atoms with Crippen molar-refractivity contribution in [1.29, 1.82) is 0 Å². The van der Waals surface area contributed by atoms with E-state index in [1.165, 1.54) is 6.07 Å². The van der Waals surface area contributed by atoms with Crippen LogP contribution in [0, 0.1) is 0 Å². The van der Waals surface area contributed by atoms with Gasteiger partial charge in [-0.25, -0.2) is 0 Å². The molecule has 21 heavy (non-hydrogen) atoms. The van der Waals surface area contributed by atoms with E-state index in [0.29, 0.717) is 32.8 Å². The molecular weight excluding hydrogens is 328 g/mol. The highest BCUT2D eigenvalue weighted by molar-refractivity contribution is 8.07. The molecule has 3 rings (SSSR count). The van der Waals surface area contributed by atoms with Crippen molar-refractivity contribution in [2.45, 2.75) is 29.6 Å². The number of hydrogen-bond donors (Lipinski definition) is 1. The summed E-state index contributed by atoms with van der Waals surface area (Å²) >= 11 is 9.74. The summed E-state index contributed by atoms with van der Waals surface area (Å²) in [7, 11) is 0. The summed E-state index contributed by atoms with van der Waals surface area (Å²) in [5.74, 6) is 2.04. The zero-order chi connectivity index (χ0) is 15.0. The number of aromatic nitrogens is 2. The lowest BCUT2D eigenvalue weighted by Crippen LogP contribution is -2.22. The summed E-state index contributed by atoms with van der Waals surface area (Å²) in [5.41, 5.74) is 0.469. The molecule has 4 nitrogen and oxygen atoms in total. The number of thioether (sulfide) groups is 2. The summed E-state index contributed by atoms with van der Waals surface area (Å²) < 4.78 is 5.30. The maximum absolute atomic E-state index is 9.89. The summed E-state index contributed by atoms with van der Waals surface area (Å²) in [6, 6.07) is 4.77. The van der Waals surface area contributed by atoms with E-state index in [4.69, 9.17) is 16.1 Å². The highest BCUT2D eigenvalue weighted by Crippen LogP contribution is 2.44. The molecule has 1 aromatic carbocycles. The third kappa shape index (κ3) is 3.17. The minimum atomic E-state index is 0.0854. The minimum Gasteiger partial charge on any atom is -0.507 e. The number of hydrogen-bond acceptors (Lipinski definition) is 6. The number of halogens is 1. The summed E-state index contributed by atoms with van der Waals surface area (Å²) in [6.45, 7) is 4.46. The Morgan fingerprint density at radius 3 is 2.90 bits per heavy atom. The second-order valence-electron chi connectivity index (χ2n) is 4.99. The topological polar surface area (TPSA) is 59.2 Å². The Hall–Kier alpha value is -0.850. The lowest BCUT2D eigenvalue weighted by Gasteiger charge is -2.29. The summed E-state index contributed by atoms with van der Waals surface area (Å²) in [6.07, 6.45) is 0. The first kappa shape index (κ1) is 15.1. The molecule has 2 aromatic rings. The lowest BCUT2D eigenvalue weighted by molar-refractivity contribution is 0.417. The Bertz CT molecular complexity index is 650. The molecule has 0 aliphatic carbocycles. The van der Waals surface area contributed by atoms with Gasteiger partial charge in [-0.05, 0) is 18.2 Å². The lowest BCUT2D eigenvalue weighted by atomic mass is 10.2. The monoisotopic (exact) mass is 342 g/mol. The maximum atomic E-state index is 9.89. The number of phenols is 1. The molecule has 0 radical (unpaired) electrons. The predicted octanol–water partition coefficient (Wildman–Crippen LogP) is 4.39. The van der Waals surface area contributed by atoms with E-state index in [9.17, 15) is 5.11 Å². The fourth-order valence-corrected chi connectivity index (χ4v) is 5.08. The second kappa shape index (κ2) is 6.10. The van der Waals surface area contributed by atoms with Gasteiger partial charge in [0.2, 0.25) is 0 Å². The molecule has 3 atom stereocenters. The largest absolute Gasteiger partial charge is 0.507 e. The minimum absolute atomic E-state index is 0.0854. The third-order valence-corrected chi connectivity index (χ3v) is 7.09. The fourth-order valence-electron chi connectivity index (χ4n) is 2.07. The van der Waals surface area contributed by atoms with Crippen LogP contribution in [0.25, 0.3) is 11.5 Å². The standard InChI is InChI=1S/C14H15ClN2O2S2/c1-7-8(2)21-12(6-20-7)13-16-14(19-17-13)10-5-9(15)3-4-11(10)18/h3-5,7-8,12,18H,6H2,1-2H3. The zero-order valence-electron chi connectivity index (χ0n) is 11.6. The summed E-state index contributed by atoms with van der Waals surface area (Å²) in [5, 5.41) is 15.9. The predicted molar refractivity (Wildman–Crippen MR) is 88.1 cm³/mol. The zero-order valence-corrected chi connectivity index (χ0v) is 14.0. The first-order valence-corrected chi connectivity index (χ1v) is 9.01. The average molecular weight is 343 g/mol. The van der Waals surface area contributed by atoms with E-state index in [1.807, 2.05) is 23.5 Å². The van der Waals surface area contributed by atoms with Gasteiger partial charge in [-0.15, -0.1) is 11.8 Å². The van der Waals surface area contributed by atoms with Crippen LogP contribution in [0.3, 0.4) is 0 Å². The molecule has 112 valence electrons. The van der Waals surface area contributed by atoms with Gasteiger partial charge in [0, 0.05) is 21.3 Å². The van der Waals surface area contributed by atoms with E-state index in [2.05, 4.69) is 24.0 Å². The third-order valence-electron chi connectivity index (χ3n) is 3.47. The Balaban J connectivity index is 1.85. The van der Waals surface area contributed by atoms with Crippen LogP contribution in [0.4, 0.5) is 0 Å². The highest BCUT2D eigenvalue weighted by atomic mass is 35.5. The van der Waals surface area contributed by atoms with Gasteiger partial charge in [-0.2, -0.15) is 16.7 Å². The van der Waals surface area contributed by atoms with Gasteiger partial charge in [0.25, 0.3) is 5.89 Å². The normalized spacial score (nSPS) is 26.0. The van der Waals surface area contributed by atoms with Crippen LogP contribution in [0.2, 0.25) is 5.02 Å². The van der Waals surface area contributed by atoms with E-state index in [1.54, 1.807) is 12.1 Å². The SMILES string of the molecule is CC1SCC(c2noc(-c3cc(Cl)ccc3O)n2)SC1C. The van der Waals surface area contributed by atoms with Crippen molar-refractivity contribution in [1.82, 2.24) is 10.1 Å². The van der Waals surface area contributed by atoms with Crippen molar-refractivity contribution in [3.63, 3.8) is 0 Å². The van der Waals surface area contributed by atoms with Gasteiger partial charge < -0.3 is 9.63 Å². The number of aromatic hydroxyl groups is 1. The molecule has 3 unspecified atom stereocenters. The van der Waals surface area contributed by atoms with Crippen LogP contribution in [0.15, 0.2) is 22.7 Å². The molecule has 1 fully saturated rings. The molecule has 0 amide bonds. The maximum Gasteiger partial charge on any atom is 0.261 e. The molecule has 1 N–H and O–H groups in total. The van der Waals surface area contributed by atoms with Crippen LogP contribution < -0.4 is 0 Å². The Morgan fingerprint density at radius 2 is 2.14 bits per heavy atom. The van der Waals surface area contributed by atoms with Crippen molar-refractivity contribution >= 4 is 35.1 Å². The van der Waals surface area contributed by atoms with Gasteiger partial charge in [-0.1, -0.05) is 30.6 Å². The molecule has 2 heterocycles. The van der Waals surface area contributed by atoms with Crippen molar-refractivity contribution in [2.75, 3.05) is 5.75 Å². The van der Waals surface area contributed by atoms with Gasteiger partial charge >= 0.3 is 0 Å². The molecule has 1 aliphatic heterocycles. The molecule has 0 spiro atoms. The van der Waals surface area contributed by atoms with Gasteiger partial charge in [0.15, 0.2) is 5.82 Å². The molecule has 0 bridgehead atoms. The van der Waals surface area contributed by atoms with Crippen molar-refractivity contribution in [2.24, 2.45) is 0 Å². The number of nitrogens with zero attached hydrogens (tertiary/aromatic N) is 2. The quantitative estimate of drug-likeness (QED) is 0.873. The first-order chi connectivity index (χ1) is 10.0. The molecule has 0 saturated carbocycles. The van der Waals surface area contributed by atoms with E-state index < -0.39 is 0 Å². The Morgan fingerprint density at radius 1 is 1.33 bits per heavy atom. The van der Waals surface area contributed by atoms with Gasteiger partial charge in [0.1, 0.15) is 5.75 Å². The molecule has 1 aliphatic rings. The molecular formula is C14H15ClN2O2S2. The smallest absolute Gasteiger partial charge is 0.261 e. The average Bonchev–Trinajstić information content (AvgIpc) is 2.94. The van der Waals surface area contributed by atoms with Crippen molar-refractivity contribution in [3.8, 4) is 17.2 Å². The molecule has 7 heteroatoms. The van der Waals surface area contributed by atoms with Crippen LogP contribution in [-0.2, 0) is 0 Å². The molecule has 1 aromatic heterocycles. The van der Waals surface area contributed by atoms with Crippen molar-refractivity contribution in [3.05, 3.63) is 29.0 Å². The van der Waals surface area contributed by atoms with Crippen LogP contribution in [0.5, 0.6) is 5.75 Å². The number of benzene rings is 1. The van der Waals surface area contributed by atoms with Crippen LogP contribution in [-0.4, -0.2) is 31.5 Å². The second-order valence-corrected chi connectivity index (χ2v) is 8.42. The Labute approximate surface area is 136 Å². The van der Waals surface area contributed by atoms with Gasteiger partial charge in [-0.3, -0.25) is 0 Å². The first-order valence-electron chi connectivity index (χ1n) is 6.64.